The molecule has 3 rings (SSSR count). The van der Waals surface area contributed by atoms with Gasteiger partial charge in [-0.15, -0.1) is 0 Å². The van der Waals surface area contributed by atoms with Gasteiger partial charge in [0, 0.05) is 11.6 Å². The van der Waals surface area contributed by atoms with Crippen LogP contribution in [0.5, 0.6) is 5.75 Å². The van der Waals surface area contributed by atoms with Crippen molar-refractivity contribution in [2.24, 2.45) is 0 Å². The molecule has 0 aliphatic rings. The first-order chi connectivity index (χ1) is 10.1. The molecule has 0 bridgehead atoms. The predicted molar refractivity (Wildman–Crippen MR) is 74.3 cm³/mol. The summed E-state index contributed by atoms with van der Waals surface area (Å²) in [6.07, 6.45) is 1.59. The molecule has 0 amide bonds. The minimum atomic E-state index is -1.02. The molecule has 0 saturated heterocycles. The van der Waals surface area contributed by atoms with Crippen molar-refractivity contribution >= 4 is 16.9 Å². The van der Waals surface area contributed by atoms with Gasteiger partial charge in [0.25, 0.3) is 0 Å². The van der Waals surface area contributed by atoms with E-state index in [4.69, 9.17) is 9.15 Å². The zero-order valence-electron chi connectivity index (χ0n) is 11.2. The van der Waals surface area contributed by atoms with Crippen molar-refractivity contribution in [2.45, 2.75) is 13.5 Å². The van der Waals surface area contributed by atoms with Gasteiger partial charge in [-0.25, -0.2) is 4.79 Å². The molecule has 0 spiro atoms. The Bertz CT molecular complexity index is 796. The Labute approximate surface area is 120 Å². The van der Waals surface area contributed by atoms with Gasteiger partial charge in [0.1, 0.15) is 35.0 Å². The van der Waals surface area contributed by atoms with E-state index in [1.807, 2.05) is 0 Å². The average molecular weight is 284 g/mol. The van der Waals surface area contributed by atoms with Crippen LogP contribution in [0.3, 0.4) is 0 Å². The van der Waals surface area contributed by atoms with Crippen molar-refractivity contribution in [3.63, 3.8) is 0 Å². The Balaban J connectivity index is 1.90. The maximum Gasteiger partial charge on any atom is 0.339 e. The Morgan fingerprint density at radius 1 is 1.38 bits per heavy atom. The number of benzene rings is 1. The average Bonchev–Trinajstić information content (AvgIpc) is 2.81. The highest BCUT2D eigenvalue weighted by Gasteiger charge is 2.17. The van der Waals surface area contributed by atoms with Gasteiger partial charge < -0.3 is 14.3 Å². The van der Waals surface area contributed by atoms with Crippen LogP contribution in [-0.4, -0.2) is 21.3 Å². The zero-order valence-corrected chi connectivity index (χ0v) is 11.2. The highest BCUT2D eigenvalue weighted by Crippen LogP contribution is 2.29. The number of hydrogen-bond acceptors (Lipinski definition) is 5. The van der Waals surface area contributed by atoms with E-state index in [-0.39, 0.29) is 12.2 Å². The monoisotopic (exact) mass is 284 g/mol. The maximum absolute atomic E-state index is 11.3. The summed E-state index contributed by atoms with van der Waals surface area (Å²) >= 11 is 0. The molecule has 1 aromatic carbocycles. The van der Waals surface area contributed by atoms with Crippen LogP contribution >= 0.6 is 0 Å². The van der Waals surface area contributed by atoms with Gasteiger partial charge in [0.15, 0.2) is 0 Å². The summed E-state index contributed by atoms with van der Waals surface area (Å²) in [7, 11) is 0. The first-order valence-corrected chi connectivity index (χ1v) is 6.31. The summed E-state index contributed by atoms with van der Waals surface area (Å²) < 4.78 is 11.0. The van der Waals surface area contributed by atoms with Crippen LogP contribution in [0.4, 0.5) is 0 Å². The van der Waals surface area contributed by atoms with Gasteiger partial charge in [-0.05, 0) is 37.3 Å². The fraction of sp³-hybridized carbons (Fsp3) is 0.133. The fourth-order valence-electron chi connectivity index (χ4n) is 2.12. The summed E-state index contributed by atoms with van der Waals surface area (Å²) in [6.45, 7) is 1.89. The Hall–Kier alpha value is -2.89. The number of aromatic carboxylic acids is 1. The van der Waals surface area contributed by atoms with Gasteiger partial charge in [0.05, 0.1) is 0 Å². The molecule has 21 heavy (non-hydrogen) atoms. The van der Waals surface area contributed by atoms with E-state index in [2.05, 4.69) is 10.2 Å². The smallest absolute Gasteiger partial charge is 0.339 e. The minimum absolute atomic E-state index is 0.162. The van der Waals surface area contributed by atoms with Crippen molar-refractivity contribution in [2.75, 3.05) is 0 Å². The van der Waals surface area contributed by atoms with Crippen LogP contribution in [0.2, 0.25) is 0 Å². The van der Waals surface area contributed by atoms with Crippen LogP contribution in [0.25, 0.3) is 11.0 Å². The van der Waals surface area contributed by atoms with Crippen LogP contribution < -0.4 is 4.74 Å². The Morgan fingerprint density at radius 2 is 2.24 bits per heavy atom. The summed E-state index contributed by atoms with van der Waals surface area (Å²) in [5.41, 5.74) is 1.38. The zero-order chi connectivity index (χ0) is 14.8. The number of ether oxygens (including phenoxy) is 1. The van der Waals surface area contributed by atoms with Crippen LogP contribution in [0, 0.1) is 6.92 Å². The third-order valence-corrected chi connectivity index (χ3v) is 3.06. The lowest BCUT2D eigenvalue weighted by Crippen LogP contribution is -1.99. The number of rotatable bonds is 4. The number of nitrogens with zero attached hydrogens (tertiary/aromatic N) is 2. The molecule has 6 heteroatoms. The molecule has 0 unspecified atom stereocenters. The lowest BCUT2D eigenvalue weighted by atomic mass is 10.1. The quantitative estimate of drug-likeness (QED) is 0.792. The summed E-state index contributed by atoms with van der Waals surface area (Å²) in [4.78, 5) is 11.3. The SMILES string of the molecule is Cc1oc2ccc(OCc3cccnn3)cc2c1C(=O)O. The molecule has 106 valence electrons. The van der Waals surface area contributed by atoms with Crippen molar-refractivity contribution < 1.29 is 19.1 Å². The van der Waals surface area contributed by atoms with E-state index >= 15 is 0 Å². The van der Waals surface area contributed by atoms with Crippen molar-refractivity contribution in [1.82, 2.24) is 10.2 Å². The molecule has 1 N–H and O–H groups in total. The minimum Gasteiger partial charge on any atom is -0.487 e. The highest BCUT2D eigenvalue weighted by atomic mass is 16.5. The van der Waals surface area contributed by atoms with E-state index < -0.39 is 5.97 Å². The topological polar surface area (TPSA) is 85.5 Å². The molecule has 3 aromatic rings. The summed E-state index contributed by atoms with van der Waals surface area (Å²) in [6, 6.07) is 8.66. The third kappa shape index (κ3) is 2.55. The van der Waals surface area contributed by atoms with Gasteiger partial charge in [-0.3, -0.25) is 0 Å². The number of carbonyl (C=O) groups is 1. The van der Waals surface area contributed by atoms with Crippen LogP contribution in [0.15, 0.2) is 40.9 Å². The summed E-state index contributed by atoms with van der Waals surface area (Å²) in [5.74, 6) is -0.0858. The second kappa shape index (κ2) is 5.24. The van der Waals surface area contributed by atoms with Crippen LogP contribution in [-0.2, 0) is 6.61 Å². The number of fused-ring (bicyclic) bond motifs is 1. The van der Waals surface area contributed by atoms with Gasteiger partial charge in [-0.1, -0.05) is 0 Å². The summed E-state index contributed by atoms with van der Waals surface area (Å²) in [5, 5.41) is 17.4. The molecule has 0 atom stereocenters. The van der Waals surface area contributed by atoms with Crippen molar-refractivity contribution in [1.29, 1.82) is 0 Å². The molecular weight excluding hydrogens is 272 g/mol. The van der Waals surface area contributed by atoms with Crippen LogP contribution in [0.1, 0.15) is 21.8 Å². The molecule has 0 saturated carbocycles. The molecule has 0 aliphatic carbocycles. The van der Waals surface area contributed by atoms with Crippen molar-refractivity contribution in [3.8, 4) is 5.75 Å². The largest absolute Gasteiger partial charge is 0.487 e. The van der Waals surface area contributed by atoms with Crippen molar-refractivity contribution in [3.05, 3.63) is 53.5 Å². The van der Waals surface area contributed by atoms with E-state index in [0.29, 0.717) is 28.2 Å². The van der Waals surface area contributed by atoms with E-state index in [0.717, 1.165) is 0 Å². The standard InChI is InChI=1S/C15H12N2O4/c1-9-14(15(18)19)12-7-11(4-5-13(12)21-9)20-8-10-3-2-6-16-17-10/h2-7H,8H2,1H3,(H,18,19). The first-order valence-electron chi connectivity index (χ1n) is 6.31. The molecular formula is C15H12N2O4. The second-order valence-corrected chi connectivity index (χ2v) is 4.50. The number of carboxylic acid groups (broad SMARTS) is 1. The van der Waals surface area contributed by atoms with E-state index in [1.54, 1.807) is 43.5 Å². The molecule has 2 heterocycles. The second-order valence-electron chi connectivity index (χ2n) is 4.50. The van der Waals surface area contributed by atoms with Gasteiger partial charge in [-0.2, -0.15) is 10.2 Å². The number of carboxylic acids is 1. The van der Waals surface area contributed by atoms with Gasteiger partial charge >= 0.3 is 5.97 Å². The molecule has 0 radical (unpaired) electrons. The normalized spacial score (nSPS) is 10.7. The van der Waals surface area contributed by atoms with Gasteiger partial charge in [0.2, 0.25) is 0 Å². The molecule has 0 fully saturated rings. The lowest BCUT2D eigenvalue weighted by molar-refractivity contribution is 0.0697. The Morgan fingerprint density at radius 3 is 2.95 bits per heavy atom. The first kappa shape index (κ1) is 13.1. The molecule has 0 aliphatic heterocycles. The van der Waals surface area contributed by atoms with E-state index in [1.165, 1.54) is 0 Å². The third-order valence-electron chi connectivity index (χ3n) is 3.06. The highest BCUT2D eigenvalue weighted by molar-refractivity contribution is 6.03. The number of aromatic nitrogens is 2. The number of hydrogen-bond donors (Lipinski definition) is 1. The lowest BCUT2D eigenvalue weighted by Gasteiger charge is -2.05. The predicted octanol–water partition coefficient (Wildman–Crippen LogP) is 2.81. The number of aryl methyl sites for hydroxylation is 1. The fourth-order valence-corrected chi connectivity index (χ4v) is 2.12. The number of furan rings is 1. The van der Waals surface area contributed by atoms with E-state index in [9.17, 15) is 9.90 Å². The molecule has 2 aromatic heterocycles. The molecule has 6 nitrogen and oxygen atoms in total. The Kier molecular flexibility index (Phi) is 3.27. The maximum atomic E-state index is 11.3.